The van der Waals surface area contributed by atoms with Gasteiger partial charge in [0, 0.05) is 43.1 Å². The zero-order valence-corrected chi connectivity index (χ0v) is 14.6. The molecule has 0 radical (unpaired) electrons. The molecule has 3 rings (SSSR count). The Balaban J connectivity index is 1.70. The first-order valence-electron chi connectivity index (χ1n) is 8.42. The molecule has 5 heteroatoms. The Labute approximate surface area is 148 Å². The highest BCUT2D eigenvalue weighted by molar-refractivity contribution is 6.04. The van der Waals surface area contributed by atoms with E-state index in [0.717, 1.165) is 37.4 Å². The van der Waals surface area contributed by atoms with Gasteiger partial charge in [0.1, 0.15) is 0 Å². The second kappa shape index (κ2) is 7.37. The topological polar surface area (TPSA) is 59.4 Å². The number of benzene rings is 2. The number of nitrogens with one attached hydrogen (secondary N) is 1. The van der Waals surface area contributed by atoms with E-state index < -0.39 is 0 Å². The Hall–Kier alpha value is -2.84. The molecule has 1 fully saturated rings. The normalized spacial score (nSPS) is 14.8. The summed E-state index contributed by atoms with van der Waals surface area (Å²) in [5.41, 5.74) is 4.14. The van der Waals surface area contributed by atoms with Crippen molar-refractivity contribution in [3.8, 4) is 6.07 Å². The van der Waals surface area contributed by atoms with Gasteiger partial charge in [-0.2, -0.15) is 5.26 Å². The minimum absolute atomic E-state index is 0.167. The summed E-state index contributed by atoms with van der Waals surface area (Å²) in [4.78, 5) is 17.1. The second-order valence-corrected chi connectivity index (χ2v) is 6.43. The number of nitrogens with zero attached hydrogens (tertiary/aromatic N) is 3. The SMILES string of the molecule is Cc1cc(N2CCN(C)CC2)ccc1NC(=O)c1ccc(C#N)cc1. The minimum Gasteiger partial charge on any atom is -0.369 e. The van der Waals surface area contributed by atoms with Gasteiger partial charge in [0.2, 0.25) is 0 Å². The van der Waals surface area contributed by atoms with E-state index >= 15 is 0 Å². The van der Waals surface area contributed by atoms with Crippen molar-refractivity contribution in [3.05, 3.63) is 59.2 Å². The standard InChI is InChI=1S/C20H22N4O/c1-15-13-18(24-11-9-23(2)10-12-24)7-8-19(15)22-20(25)17-5-3-16(14-21)4-6-17/h3-8,13H,9-12H2,1-2H3,(H,22,25). The summed E-state index contributed by atoms with van der Waals surface area (Å²) in [5.74, 6) is -0.167. The number of anilines is 2. The number of piperazine rings is 1. The molecule has 5 nitrogen and oxygen atoms in total. The molecule has 0 spiro atoms. The van der Waals surface area contributed by atoms with E-state index in [-0.39, 0.29) is 5.91 Å². The highest BCUT2D eigenvalue weighted by atomic mass is 16.1. The highest BCUT2D eigenvalue weighted by Gasteiger charge is 2.15. The number of hydrogen-bond acceptors (Lipinski definition) is 4. The largest absolute Gasteiger partial charge is 0.369 e. The van der Waals surface area contributed by atoms with Crippen LogP contribution in [0.1, 0.15) is 21.5 Å². The summed E-state index contributed by atoms with van der Waals surface area (Å²) in [6, 6.07) is 14.8. The molecule has 0 aromatic heterocycles. The number of carbonyl (C=O) groups excluding carboxylic acids is 1. The predicted molar refractivity (Wildman–Crippen MR) is 100.0 cm³/mol. The summed E-state index contributed by atoms with van der Waals surface area (Å²) in [7, 11) is 2.14. The van der Waals surface area contributed by atoms with Gasteiger partial charge in [0.25, 0.3) is 5.91 Å². The van der Waals surface area contributed by atoms with Crippen LogP contribution in [-0.2, 0) is 0 Å². The summed E-state index contributed by atoms with van der Waals surface area (Å²) in [6.07, 6.45) is 0. The Morgan fingerprint density at radius 3 is 2.36 bits per heavy atom. The van der Waals surface area contributed by atoms with Crippen LogP contribution in [-0.4, -0.2) is 44.0 Å². The van der Waals surface area contributed by atoms with Crippen molar-refractivity contribution in [1.29, 1.82) is 5.26 Å². The molecule has 1 aliphatic rings. The number of nitriles is 1. The zero-order chi connectivity index (χ0) is 17.8. The molecule has 0 bridgehead atoms. The van der Waals surface area contributed by atoms with Crippen molar-refractivity contribution >= 4 is 17.3 Å². The van der Waals surface area contributed by atoms with E-state index in [1.807, 2.05) is 13.0 Å². The first-order chi connectivity index (χ1) is 12.1. The van der Waals surface area contributed by atoms with Crippen LogP contribution in [0.2, 0.25) is 0 Å². The van der Waals surface area contributed by atoms with E-state index in [1.165, 1.54) is 5.69 Å². The van der Waals surface area contributed by atoms with E-state index in [2.05, 4.69) is 40.4 Å². The lowest BCUT2D eigenvalue weighted by Gasteiger charge is -2.34. The maximum atomic E-state index is 12.4. The molecule has 0 unspecified atom stereocenters. The van der Waals surface area contributed by atoms with Crippen LogP contribution in [0.15, 0.2) is 42.5 Å². The third kappa shape index (κ3) is 3.98. The Morgan fingerprint density at radius 1 is 1.08 bits per heavy atom. The maximum absolute atomic E-state index is 12.4. The van der Waals surface area contributed by atoms with Crippen molar-refractivity contribution in [2.45, 2.75) is 6.92 Å². The molecule has 1 N–H and O–H groups in total. The highest BCUT2D eigenvalue weighted by Crippen LogP contribution is 2.24. The fraction of sp³-hybridized carbons (Fsp3) is 0.300. The van der Waals surface area contributed by atoms with E-state index in [4.69, 9.17) is 5.26 Å². The van der Waals surface area contributed by atoms with Crippen LogP contribution in [0.3, 0.4) is 0 Å². The third-order valence-electron chi connectivity index (χ3n) is 4.60. The van der Waals surface area contributed by atoms with Gasteiger partial charge in [-0.3, -0.25) is 4.79 Å². The van der Waals surface area contributed by atoms with Gasteiger partial charge < -0.3 is 15.1 Å². The van der Waals surface area contributed by atoms with Crippen LogP contribution in [0, 0.1) is 18.3 Å². The van der Waals surface area contributed by atoms with E-state index in [0.29, 0.717) is 11.1 Å². The molecule has 1 aliphatic heterocycles. The van der Waals surface area contributed by atoms with Crippen LogP contribution in [0.4, 0.5) is 11.4 Å². The molecule has 25 heavy (non-hydrogen) atoms. The Bertz CT molecular complexity index is 799. The smallest absolute Gasteiger partial charge is 0.255 e. The number of aryl methyl sites for hydroxylation is 1. The van der Waals surface area contributed by atoms with Crippen LogP contribution < -0.4 is 10.2 Å². The van der Waals surface area contributed by atoms with Crippen molar-refractivity contribution in [2.24, 2.45) is 0 Å². The van der Waals surface area contributed by atoms with Crippen molar-refractivity contribution < 1.29 is 4.79 Å². The zero-order valence-electron chi connectivity index (χ0n) is 14.6. The molecule has 2 aromatic rings. The van der Waals surface area contributed by atoms with Gasteiger partial charge >= 0.3 is 0 Å². The van der Waals surface area contributed by atoms with Gasteiger partial charge in [0.15, 0.2) is 0 Å². The molecule has 1 saturated heterocycles. The van der Waals surface area contributed by atoms with Gasteiger partial charge in [-0.15, -0.1) is 0 Å². The van der Waals surface area contributed by atoms with Crippen LogP contribution in [0.25, 0.3) is 0 Å². The lowest BCUT2D eigenvalue weighted by Crippen LogP contribution is -2.44. The number of hydrogen-bond donors (Lipinski definition) is 1. The predicted octanol–water partition coefficient (Wildman–Crippen LogP) is 2.87. The molecule has 128 valence electrons. The molecule has 0 atom stereocenters. The molecule has 0 saturated carbocycles. The van der Waals surface area contributed by atoms with Crippen LogP contribution >= 0.6 is 0 Å². The van der Waals surface area contributed by atoms with Gasteiger partial charge in [-0.25, -0.2) is 0 Å². The minimum atomic E-state index is -0.167. The fourth-order valence-corrected chi connectivity index (χ4v) is 2.94. The number of likely N-dealkylation sites (N-methyl/N-ethyl adjacent to an activating group) is 1. The second-order valence-electron chi connectivity index (χ2n) is 6.43. The van der Waals surface area contributed by atoms with Crippen LogP contribution in [0.5, 0.6) is 0 Å². The van der Waals surface area contributed by atoms with Gasteiger partial charge in [-0.05, 0) is 62.0 Å². The summed E-state index contributed by atoms with van der Waals surface area (Å²) < 4.78 is 0. The van der Waals surface area contributed by atoms with Gasteiger partial charge in [-0.1, -0.05) is 0 Å². The Morgan fingerprint density at radius 2 is 1.76 bits per heavy atom. The third-order valence-corrected chi connectivity index (χ3v) is 4.60. The number of rotatable bonds is 3. The van der Waals surface area contributed by atoms with Crippen molar-refractivity contribution in [3.63, 3.8) is 0 Å². The quantitative estimate of drug-likeness (QED) is 0.938. The lowest BCUT2D eigenvalue weighted by molar-refractivity contribution is 0.102. The lowest BCUT2D eigenvalue weighted by atomic mass is 10.1. The monoisotopic (exact) mass is 334 g/mol. The molecule has 1 heterocycles. The molecular formula is C20H22N4O. The first kappa shape index (κ1) is 17.0. The first-order valence-corrected chi connectivity index (χ1v) is 8.42. The average molecular weight is 334 g/mol. The fourth-order valence-electron chi connectivity index (χ4n) is 2.94. The Kier molecular flexibility index (Phi) is 5.01. The molecule has 2 aromatic carbocycles. The molecular weight excluding hydrogens is 312 g/mol. The van der Waals surface area contributed by atoms with Crippen molar-refractivity contribution in [1.82, 2.24) is 4.90 Å². The van der Waals surface area contributed by atoms with E-state index in [1.54, 1.807) is 24.3 Å². The summed E-state index contributed by atoms with van der Waals surface area (Å²) >= 11 is 0. The number of carbonyl (C=O) groups is 1. The molecule has 0 aliphatic carbocycles. The molecule has 1 amide bonds. The maximum Gasteiger partial charge on any atom is 0.255 e. The van der Waals surface area contributed by atoms with Gasteiger partial charge in [0.05, 0.1) is 11.6 Å². The van der Waals surface area contributed by atoms with E-state index in [9.17, 15) is 4.79 Å². The average Bonchev–Trinajstić information content (AvgIpc) is 2.64. The summed E-state index contributed by atoms with van der Waals surface area (Å²) in [5, 5.41) is 11.8. The van der Waals surface area contributed by atoms with Crippen molar-refractivity contribution in [2.75, 3.05) is 43.4 Å². The summed E-state index contributed by atoms with van der Waals surface area (Å²) in [6.45, 7) is 6.18. The number of amides is 1.